The third kappa shape index (κ3) is 4.35. The monoisotopic (exact) mass is 303 g/mol. The number of nitrogens with zero attached hydrogens (tertiary/aromatic N) is 1. The molecule has 2 aliphatic heterocycles. The van der Waals surface area contributed by atoms with Crippen molar-refractivity contribution in [2.45, 2.75) is 51.6 Å². The van der Waals surface area contributed by atoms with Gasteiger partial charge in [0.05, 0.1) is 6.04 Å². The lowest BCUT2D eigenvalue weighted by molar-refractivity contribution is -0.134. The Morgan fingerprint density at radius 1 is 1.20 bits per heavy atom. The number of amides is 2. The fraction of sp³-hybridized carbons (Fsp3) is 0.857. The van der Waals surface area contributed by atoms with Gasteiger partial charge in [0.2, 0.25) is 11.8 Å². The summed E-state index contributed by atoms with van der Waals surface area (Å²) in [5.41, 5.74) is 0. The highest BCUT2D eigenvalue weighted by Crippen LogP contribution is 2.15. The number of hydrogen-bond donors (Lipinski definition) is 2. The largest absolute Gasteiger partial charge is 0.353 e. The molecule has 0 spiro atoms. The number of halogens is 1. The maximum atomic E-state index is 12.2. The van der Waals surface area contributed by atoms with E-state index in [0.29, 0.717) is 0 Å². The van der Waals surface area contributed by atoms with Crippen LogP contribution in [0, 0.1) is 5.92 Å². The van der Waals surface area contributed by atoms with Crippen LogP contribution in [0.1, 0.15) is 39.5 Å². The molecule has 0 unspecified atom stereocenters. The lowest BCUT2D eigenvalue weighted by Crippen LogP contribution is -2.51. The first-order valence-corrected chi connectivity index (χ1v) is 7.40. The zero-order chi connectivity index (χ0) is 13.8. The van der Waals surface area contributed by atoms with Crippen molar-refractivity contribution in [2.75, 3.05) is 19.6 Å². The van der Waals surface area contributed by atoms with Crippen molar-refractivity contribution in [1.29, 1.82) is 0 Å². The van der Waals surface area contributed by atoms with Crippen LogP contribution in [0.5, 0.6) is 0 Å². The van der Waals surface area contributed by atoms with Crippen molar-refractivity contribution in [3.63, 3.8) is 0 Å². The molecule has 0 bridgehead atoms. The van der Waals surface area contributed by atoms with Crippen LogP contribution in [0.3, 0.4) is 0 Å². The van der Waals surface area contributed by atoms with Crippen molar-refractivity contribution < 1.29 is 9.59 Å². The summed E-state index contributed by atoms with van der Waals surface area (Å²) in [5.74, 6) is 0.385. The van der Waals surface area contributed by atoms with Crippen molar-refractivity contribution in [2.24, 2.45) is 5.92 Å². The highest BCUT2D eigenvalue weighted by molar-refractivity contribution is 5.85. The molecule has 20 heavy (non-hydrogen) atoms. The van der Waals surface area contributed by atoms with E-state index in [4.69, 9.17) is 0 Å². The molecule has 2 N–H and O–H groups in total. The summed E-state index contributed by atoms with van der Waals surface area (Å²) in [5, 5.41) is 6.31. The fourth-order valence-corrected chi connectivity index (χ4v) is 2.73. The first kappa shape index (κ1) is 17.2. The molecule has 0 aromatic carbocycles. The second-order valence-corrected chi connectivity index (χ2v) is 5.91. The van der Waals surface area contributed by atoms with Crippen LogP contribution in [0.15, 0.2) is 0 Å². The van der Waals surface area contributed by atoms with Crippen LogP contribution in [-0.4, -0.2) is 48.4 Å². The summed E-state index contributed by atoms with van der Waals surface area (Å²) in [6, 6.07) is 0.261. The zero-order valence-corrected chi connectivity index (χ0v) is 13.2. The third-order valence-electron chi connectivity index (χ3n) is 4.04. The normalized spacial score (nSPS) is 23.6. The molecular weight excluding hydrogens is 278 g/mol. The second-order valence-electron chi connectivity index (χ2n) is 5.91. The van der Waals surface area contributed by atoms with Gasteiger partial charge in [-0.15, -0.1) is 12.4 Å². The second kappa shape index (κ2) is 7.84. The Morgan fingerprint density at radius 2 is 1.85 bits per heavy atom. The van der Waals surface area contributed by atoms with Gasteiger partial charge in [0, 0.05) is 25.0 Å². The van der Waals surface area contributed by atoms with Gasteiger partial charge in [0.1, 0.15) is 0 Å². The molecular formula is C14H26ClN3O2. The summed E-state index contributed by atoms with van der Waals surface area (Å²) in [6.07, 6.45) is 3.80. The van der Waals surface area contributed by atoms with Crippen LogP contribution in [0.25, 0.3) is 0 Å². The number of nitrogens with one attached hydrogen (secondary N) is 2. The van der Waals surface area contributed by atoms with E-state index < -0.39 is 0 Å². The molecule has 0 aromatic heterocycles. The van der Waals surface area contributed by atoms with Gasteiger partial charge in [-0.3, -0.25) is 9.59 Å². The van der Waals surface area contributed by atoms with Gasteiger partial charge in [-0.1, -0.05) is 13.8 Å². The van der Waals surface area contributed by atoms with Gasteiger partial charge in [-0.2, -0.15) is 0 Å². The number of likely N-dealkylation sites (tertiary alicyclic amines) is 1. The van der Waals surface area contributed by atoms with Gasteiger partial charge in [-0.25, -0.2) is 0 Å². The topological polar surface area (TPSA) is 61.4 Å². The van der Waals surface area contributed by atoms with Crippen LogP contribution in [-0.2, 0) is 9.59 Å². The van der Waals surface area contributed by atoms with Crippen molar-refractivity contribution in [3.05, 3.63) is 0 Å². The molecule has 2 amide bonds. The maximum absolute atomic E-state index is 12.2. The lowest BCUT2D eigenvalue weighted by Gasteiger charge is -2.34. The Bertz CT molecular complexity index is 335. The summed E-state index contributed by atoms with van der Waals surface area (Å²) in [4.78, 5) is 25.8. The SMILES string of the molecule is CC(C)C(=O)NC1CCN(C(=O)[C@@H]2CCCN2)CC1.Cl. The number of carbonyl (C=O) groups is 2. The number of hydrogen-bond acceptors (Lipinski definition) is 3. The van der Waals surface area contributed by atoms with Crippen LogP contribution in [0.4, 0.5) is 0 Å². The van der Waals surface area contributed by atoms with Crippen molar-refractivity contribution in [3.8, 4) is 0 Å². The Balaban J connectivity index is 0.00000200. The predicted octanol–water partition coefficient (Wildman–Crippen LogP) is 0.923. The molecule has 0 aromatic rings. The molecule has 0 radical (unpaired) electrons. The molecule has 0 aliphatic carbocycles. The smallest absolute Gasteiger partial charge is 0.239 e. The molecule has 2 heterocycles. The fourth-order valence-electron chi connectivity index (χ4n) is 2.73. The molecule has 2 fully saturated rings. The predicted molar refractivity (Wildman–Crippen MR) is 80.9 cm³/mol. The minimum Gasteiger partial charge on any atom is -0.353 e. The van der Waals surface area contributed by atoms with E-state index in [1.807, 2.05) is 18.7 Å². The molecule has 0 saturated carbocycles. The van der Waals surface area contributed by atoms with Crippen molar-refractivity contribution >= 4 is 24.2 Å². The molecule has 6 heteroatoms. The minimum atomic E-state index is 0. The highest BCUT2D eigenvalue weighted by atomic mass is 35.5. The standard InChI is InChI=1S/C14H25N3O2.ClH/c1-10(2)13(18)16-11-5-8-17(9-6-11)14(19)12-4-3-7-15-12;/h10-12,15H,3-9H2,1-2H3,(H,16,18);1H/t12-;/m0./s1. The summed E-state index contributed by atoms with van der Waals surface area (Å²) in [6.45, 7) is 6.29. The molecule has 2 aliphatic rings. The van der Waals surface area contributed by atoms with E-state index in [-0.39, 0.29) is 42.2 Å². The van der Waals surface area contributed by atoms with Gasteiger partial charge in [0.25, 0.3) is 0 Å². The third-order valence-corrected chi connectivity index (χ3v) is 4.04. The van der Waals surface area contributed by atoms with Crippen LogP contribution >= 0.6 is 12.4 Å². The summed E-state index contributed by atoms with van der Waals surface area (Å²) in [7, 11) is 0. The Hall–Kier alpha value is -0.810. The average molecular weight is 304 g/mol. The van der Waals surface area contributed by atoms with E-state index in [9.17, 15) is 9.59 Å². The van der Waals surface area contributed by atoms with E-state index in [0.717, 1.165) is 45.3 Å². The number of piperidine rings is 1. The van der Waals surface area contributed by atoms with E-state index in [1.54, 1.807) is 0 Å². The molecule has 5 nitrogen and oxygen atoms in total. The van der Waals surface area contributed by atoms with Crippen LogP contribution in [0.2, 0.25) is 0 Å². The number of carbonyl (C=O) groups excluding carboxylic acids is 2. The quantitative estimate of drug-likeness (QED) is 0.815. The van der Waals surface area contributed by atoms with E-state index in [2.05, 4.69) is 10.6 Å². The zero-order valence-electron chi connectivity index (χ0n) is 12.4. The highest BCUT2D eigenvalue weighted by Gasteiger charge is 2.30. The maximum Gasteiger partial charge on any atom is 0.239 e. The van der Waals surface area contributed by atoms with Gasteiger partial charge in [-0.05, 0) is 32.2 Å². The average Bonchev–Trinajstić information content (AvgIpc) is 2.92. The van der Waals surface area contributed by atoms with Crippen molar-refractivity contribution in [1.82, 2.24) is 15.5 Å². The molecule has 2 saturated heterocycles. The van der Waals surface area contributed by atoms with E-state index in [1.165, 1.54) is 0 Å². The molecule has 2 rings (SSSR count). The van der Waals surface area contributed by atoms with Crippen LogP contribution < -0.4 is 10.6 Å². The Morgan fingerprint density at radius 3 is 2.35 bits per heavy atom. The van der Waals surface area contributed by atoms with Gasteiger partial charge in [0.15, 0.2) is 0 Å². The first-order chi connectivity index (χ1) is 9.08. The summed E-state index contributed by atoms with van der Waals surface area (Å²) >= 11 is 0. The Labute approximate surface area is 127 Å². The molecule has 116 valence electrons. The Kier molecular flexibility index (Phi) is 6.76. The lowest BCUT2D eigenvalue weighted by atomic mass is 10.0. The van der Waals surface area contributed by atoms with Gasteiger partial charge >= 0.3 is 0 Å². The number of rotatable bonds is 3. The summed E-state index contributed by atoms with van der Waals surface area (Å²) < 4.78 is 0. The van der Waals surface area contributed by atoms with E-state index >= 15 is 0 Å². The first-order valence-electron chi connectivity index (χ1n) is 7.40. The molecule has 1 atom stereocenters. The van der Waals surface area contributed by atoms with Gasteiger partial charge < -0.3 is 15.5 Å². The minimum absolute atomic E-state index is 0.